The van der Waals surface area contributed by atoms with E-state index in [1.54, 1.807) is 37.3 Å². The van der Waals surface area contributed by atoms with Crippen LogP contribution in [0.5, 0.6) is 0 Å². The summed E-state index contributed by atoms with van der Waals surface area (Å²) in [5, 5.41) is 2.59. The van der Waals surface area contributed by atoms with Crippen LogP contribution in [-0.2, 0) is 25.1 Å². The zero-order valence-electron chi connectivity index (χ0n) is 15.1. The van der Waals surface area contributed by atoms with E-state index in [9.17, 15) is 18.6 Å². The number of amides is 1. The fraction of sp³-hybridized carbons (Fsp3) is 0.211. The molecule has 2 rings (SSSR count). The van der Waals surface area contributed by atoms with Crippen LogP contribution >= 0.6 is 0 Å². The number of methoxy groups -OCH3 is 1. The highest BCUT2D eigenvalue weighted by Gasteiger charge is 2.17. The van der Waals surface area contributed by atoms with Gasteiger partial charge >= 0.3 is 11.9 Å². The Kier molecular flexibility index (Phi) is 6.84. The molecule has 0 bridgehead atoms. The number of anilines is 1. The van der Waals surface area contributed by atoms with E-state index in [0.29, 0.717) is 10.6 Å². The van der Waals surface area contributed by atoms with E-state index < -0.39 is 35.3 Å². The Balaban J connectivity index is 2.04. The van der Waals surface area contributed by atoms with Crippen molar-refractivity contribution in [1.29, 1.82) is 0 Å². The number of aryl methyl sites for hydroxylation is 1. The van der Waals surface area contributed by atoms with E-state index in [0.717, 1.165) is 5.56 Å². The molecule has 1 amide bonds. The van der Waals surface area contributed by atoms with E-state index in [4.69, 9.17) is 4.74 Å². The lowest BCUT2D eigenvalue weighted by molar-refractivity contribution is -0.119. The first-order chi connectivity index (χ1) is 12.8. The van der Waals surface area contributed by atoms with Crippen molar-refractivity contribution < 1.29 is 28.1 Å². The molecule has 27 heavy (non-hydrogen) atoms. The van der Waals surface area contributed by atoms with Gasteiger partial charge in [0.15, 0.2) is 6.61 Å². The van der Waals surface area contributed by atoms with Crippen LogP contribution in [0.15, 0.2) is 47.4 Å². The second-order valence-electron chi connectivity index (χ2n) is 5.60. The Morgan fingerprint density at radius 2 is 1.78 bits per heavy atom. The van der Waals surface area contributed by atoms with Crippen molar-refractivity contribution in [2.24, 2.45) is 0 Å². The largest absolute Gasteiger partial charge is 0.465 e. The minimum Gasteiger partial charge on any atom is -0.465 e. The highest BCUT2D eigenvalue weighted by Crippen LogP contribution is 2.18. The molecule has 0 spiro atoms. The van der Waals surface area contributed by atoms with Crippen molar-refractivity contribution in [3.63, 3.8) is 0 Å². The van der Waals surface area contributed by atoms with Gasteiger partial charge in [0, 0.05) is 11.9 Å². The molecular formula is C19H19NO6S. The van der Waals surface area contributed by atoms with Gasteiger partial charge in [0.1, 0.15) is 0 Å². The number of rotatable bonds is 6. The summed E-state index contributed by atoms with van der Waals surface area (Å²) in [5.41, 5.74) is 1.58. The molecule has 0 saturated heterocycles. The second kappa shape index (κ2) is 9.09. The number of carbonyl (C=O) groups excluding carboxylic acids is 3. The number of nitrogens with one attached hydrogen (secondary N) is 1. The van der Waals surface area contributed by atoms with Crippen LogP contribution in [0.3, 0.4) is 0 Å². The first-order valence-electron chi connectivity index (χ1n) is 7.92. The summed E-state index contributed by atoms with van der Waals surface area (Å²) < 4.78 is 21.3. The van der Waals surface area contributed by atoms with E-state index in [1.165, 1.54) is 25.5 Å². The van der Waals surface area contributed by atoms with Crippen molar-refractivity contribution in [1.82, 2.24) is 0 Å². The Bertz CT molecular complexity index is 909. The van der Waals surface area contributed by atoms with Gasteiger partial charge in [-0.05, 0) is 36.8 Å². The van der Waals surface area contributed by atoms with Gasteiger partial charge in [0.25, 0.3) is 5.91 Å². The van der Waals surface area contributed by atoms with Gasteiger partial charge in [-0.25, -0.2) is 9.59 Å². The summed E-state index contributed by atoms with van der Waals surface area (Å²) in [6.07, 6.45) is 1.45. The second-order valence-corrected chi connectivity index (χ2v) is 6.94. The molecule has 0 radical (unpaired) electrons. The molecule has 1 atom stereocenters. The van der Waals surface area contributed by atoms with E-state index in [2.05, 4.69) is 10.1 Å². The molecule has 8 heteroatoms. The van der Waals surface area contributed by atoms with E-state index in [-0.39, 0.29) is 11.1 Å². The van der Waals surface area contributed by atoms with Crippen LogP contribution in [0.4, 0.5) is 5.69 Å². The SMILES string of the molecule is COC(=O)c1ccc(C)c(NC(=O)COC(=O)c2ccccc2[S@@](C)=O)c1. The maximum absolute atomic E-state index is 12.2. The number of benzene rings is 2. The molecule has 0 aliphatic carbocycles. The third-order valence-electron chi connectivity index (χ3n) is 3.68. The fourth-order valence-electron chi connectivity index (χ4n) is 2.28. The zero-order chi connectivity index (χ0) is 20.0. The number of esters is 2. The van der Waals surface area contributed by atoms with Gasteiger partial charge < -0.3 is 14.8 Å². The molecule has 7 nitrogen and oxygen atoms in total. The van der Waals surface area contributed by atoms with Gasteiger partial charge in [-0.3, -0.25) is 9.00 Å². The molecule has 2 aromatic rings. The summed E-state index contributed by atoms with van der Waals surface area (Å²) in [7, 11) is -0.0984. The number of hydrogen-bond donors (Lipinski definition) is 1. The van der Waals surface area contributed by atoms with Crippen LogP contribution < -0.4 is 5.32 Å². The van der Waals surface area contributed by atoms with Crippen molar-refractivity contribution in [3.8, 4) is 0 Å². The summed E-state index contributed by atoms with van der Waals surface area (Å²) in [4.78, 5) is 36.2. The highest BCUT2D eigenvalue weighted by atomic mass is 32.2. The van der Waals surface area contributed by atoms with E-state index >= 15 is 0 Å². The molecular weight excluding hydrogens is 370 g/mol. The average Bonchev–Trinajstić information content (AvgIpc) is 2.67. The smallest absolute Gasteiger partial charge is 0.339 e. The van der Waals surface area contributed by atoms with Gasteiger partial charge in [0.05, 0.1) is 33.9 Å². The van der Waals surface area contributed by atoms with Crippen molar-refractivity contribution >= 4 is 34.3 Å². The lowest BCUT2D eigenvalue weighted by Crippen LogP contribution is -2.22. The molecule has 0 aliphatic heterocycles. The van der Waals surface area contributed by atoms with Crippen molar-refractivity contribution in [3.05, 3.63) is 59.2 Å². The van der Waals surface area contributed by atoms with E-state index in [1.807, 2.05) is 0 Å². The molecule has 0 unspecified atom stereocenters. The Morgan fingerprint density at radius 1 is 1.07 bits per heavy atom. The third kappa shape index (κ3) is 5.24. The lowest BCUT2D eigenvalue weighted by atomic mass is 10.1. The minimum atomic E-state index is -1.36. The topological polar surface area (TPSA) is 98.8 Å². The minimum absolute atomic E-state index is 0.148. The molecule has 0 fully saturated rings. The molecule has 0 aromatic heterocycles. The summed E-state index contributed by atoms with van der Waals surface area (Å²) in [6.45, 7) is 1.24. The summed E-state index contributed by atoms with van der Waals surface area (Å²) in [6, 6.07) is 11.1. The standard InChI is InChI=1S/C19H19NO6S/c1-12-8-9-13(18(22)25-2)10-15(12)20-17(21)11-26-19(23)14-6-4-5-7-16(14)27(3)24/h4-10H,11H2,1-3H3,(H,20,21)/t27-/m1/s1. The first kappa shape index (κ1) is 20.3. The number of hydrogen-bond acceptors (Lipinski definition) is 6. The van der Waals surface area contributed by atoms with Crippen LogP contribution in [0.1, 0.15) is 26.3 Å². The Hall–Kier alpha value is -3.00. The van der Waals surface area contributed by atoms with Crippen molar-refractivity contribution in [2.75, 3.05) is 25.3 Å². The highest BCUT2D eigenvalue weighted by molar-refractivity contribution is 7.84. The number of ether oxygens (including phenoxy) is 2. The molecule has 0 saturated carbocycles. The third-order valence-corrected chi connectivity index (χ3v) is 4.66. The van der Waals surface area contributed by atoms with Gasteiger partial charge in [-0.15, -0.1) is 0 Å². The average molecular weight is 389 g/mol. The normalized spacial score (nSPS) is 11.4. The van der Waals surface area contributed by atoms with Gasteiger partial charge in [-0.2, -0.15) is 0 Å². The Morgan fingerprint density at radius 3 is 2.44 bits per heavy atom. The number of carbonyl (C=O) groups is 3. The van der Waals surface area contributed by atoms with Crippen LogP contribution in [0.25, 0.3) is 0 Å². The first-order valence-corrected chi connectivity index (χ1v) is 9.47. The quantitative estimate of drug-likeness (QED) is 0.761. The van der Waals surface area contributed by atoms with Gasteiger partial charge in [-0.1, -0.05) is 18.2 Å². The van der Waals surface area contributed by atoms with Crippen LogP contribution in [-0.4, -0.2) is 42.0 Å². The summed E-state index contributed by atoms with van der Waals surface area (Å²) >= 11 is 0. The molecule has 0 heterocycles. The predicted octanol–water partition coefficient (Wildman–Crippen LogP) is 2.31. The predicted molar refractivity (Wildman–Crippen MR) is 100 cm³/mol. The fourth-order valence-corrected chi connectivity index (χ4v) is 3.01. The molecule has 0 aliphatic rings. The Labute approximate surface area is 159 Å². The van der Waals surface area contributed by atoms with Crippen LogP contribution in [0, 0.1) is 6.92 Å². The lowest BCUT2D eigenvalue weighted by Gasteiger charge is -2.11. The molecule has 2 aromatic carbocycles. The van der Waals surface area contributed by atoms with Crippen LogP contribution in [0.2, 0.25) is 0 Å². The summed E-state index contributed by atoms with van der Waals surface area (Å²) in [5.74, 6) is -1.83. The maximum Gasteiger partial charge on any atom is 0.339 e. The monoisotopic (exact) mass is 389 g/mol. The molecule has 1 N–H and O–H groups in total. The zero-order valence-corrected chi connectivity index (χ0v) is 15.9. The van der Waals surface area contributed by atoms with Crippen molar-refractivity contribution in [2.45, 2.75) is 11.8 Å². The maximum atomic E-state index is 12.2. The van der Waals surface area contributed by atoms with Gasteiger partial charge in [0.2, 0.25) is 0 Å². The molecule has 142 valence electrons.